The minimum Gasteiger partial charge on any atom is -0.477 e. The van der Waals surface area contributed by atoms with Gasteiger partial charge in [0.2, 0.25) is 0 Å². The lowest BCUT2D eigenvalue weighted by Gasteiger charge is -2.09. The van der Waals surface area contributed by atoms with Crippen molar-refractivity contribution in [1.29, 1.82) is 0 Å². The third kappa shape index (κ3) is 2.70. The first-order chi connectivity index (χ1) is 9.17. The van der Waals surface area contributed by atoms with Gasteiger partial charge in [0.15, 0.2) is 0 Å². The van der Waals surface area contributed by atoms with E-state index in [2.05, 4.69) is 31.2 Å². The molecule has 1 N–H and O–H groups in total. The summed E-state index contributed by atoms with van der Waals surface area (Å²) in [5.41, 5.74) is 3.69. The number of carbonyl (C=O) groups is 1. The van der Waals surface area contributed by atoms with Crippen molar-refractivity contribution < 1.29 is 9.90 Å². The van der Waals surface area contributed by atoms with Crippen LogP contribution in [0, 0.1) is 0 Å². The molecule has 0 spiro atoms. The summed E-state index contributed by atoms with van der Waals surface area (Å²) in [6.45, 7) is 4.78. The van der Waals surface area contributed by atoms with Gasteiger partial charge >= 0.3 is 5.97 Å². The predicted molar refractivity (Wildman–Crippen MR) is 76.5 cm³/mol. The van der Waals surface area contributed by atoms with E-state index < -0.39 is 5.97 Å². The first kappa shape index (κ1) is 13.4. The fraction of sp³-hybridized carbons (Fsp3) is 0.312. The van der Waals surface area contributed by atoms with Gasteiger partial charge in [-0.15, -0.1) is 0 Å². The highest BCUT2D eigenvalue weighted by molar-refractivity contribution is 5.87. The predicted octanol–water partition coefficient (Wildman–Crippen LogP) is 3.83. The molecule has 0 radical (unpaired) electrons. The van der Waals surface area contributed by atoms with Crippen LogP contribution in [0.2, 0.25) is 0 Å². The first-order valence-electron chi connectivity index (χ1n) is 6.69. The topological polar surface area (TPSA) is 42.2 Å². The monoisotopic (exact) mass is 257 g/mol. The molecule has 0 bridgehead atoms. The van der Waals surface area contributed by atoms with Gasteiger partial charge in [0.05, 0.1) is 0 Å². The third-order valence-corrected chi connectivity index (χ3v) is 3.30. The van der Waals surface area contributed by atoms with Crippen LogP contribution in [0.4, 0.5) is 0 Å². The number of nitrogens with zero attached hydrogens (tertiary/aromatic N) is 1. The zero-order chi connectivity index (χ0) is 13.8. The quantitative estimate of drug-likeness (QED) is 0.884. The lowest BCUT2D eigenvalue weighted by Crippen LogP contribution is -2.08. The molecule has 0 atom stereocenters. The van der Waals surface area contributed by atoms with Crippen LogP contribution in [0.15, 0.2) is 36.4 Å². The number of aromatic carboxylic acids is 1. The molecular formula is C16H19NO2. The van der Waals surface area contributed by atoms with Crippen molar-refractivity contribution in [3.05, 3.63) is 47.7 Å². The molecule has 3 heteroatoms. The van der Waals surface area contributed by atoms with Crippen LogP contribution in [0.5, 0.6) is 0 Å². The molecule has 0 saturated carbocycles. The van der Waals surface area contributed by atoms with E-state index in [1.807, 2.05) is 17.6 Å². The van der Waals surface area contributed by atoms with Gasteiger partial charge in [-0.25, -0.2) is 4.79 Å². The van der Waals surface area contributed by atoms with Gasteiger partial charge in [-0.2, -0.15) is 0 Å². The molecule has 1 aromatic carbocycles. The number of hydrogen-bond donors (Lipinski definition) is 1. The molecule has 2 rings (SSSR count). The fourth-order valence-electron chi connectivity index (χ4n) is 2.38. The van der Waals surface area contributed by atoms with Gasteiger partial charge < -0.3 is 9.67 Å². The van der Waals surface area contributed by atoms with E-state index in [1.54, 1.807) is 6.07 Å². The Morgan fingerprint density at radius 1 is 1.11 bits per heavy atom. The molecule has 0 aliphatic carbocycles. The number of rotatable bonds is 5. The number of aromatic nitrogens is 1. The van der Waals surface area contributed by atoms with E-state index in [1.165, 1.54) is 5.56 Å². The normalized spacial score (nSPS) is 10.6. The Bertz CT molecular complexity index is 567. The van der Waals surface area contributed by atoms with Crippen molar-refractivity contribution in [2.75, 3.05) is 0 Å². The van der Waals surface area contributed by atoms with E-state index in [-0.39, 0.29) is 0 Å². The van der Waals surface area contributed by atoms with Crippen LogP contribution < -0.4 is 0 Å². The Kier molecular flexibility index (Phi) is 4.05. The fourth-order valence-corrected chi connectivity index (χ4v) is 2.38. The second kappa shape index (κ2) is 5.74. The molecular weight excluding hydrogens is 238 g/mol. The summed E-state index contributed by atoms with van der Waals surface area (Å²) in [6, 6.07) is 11.9. The summed E-state index contributed by atoms with van der Waals surface area (Å²) in [5, 5.41) is 9.15. The highest BCUT2D eigenvalue weighted by atomic mass is 16.4. The molecule has 19 heavy (non-hydrogen) atoms. The van der Waals surface area contributed by atoms with Crippen molar-refractivity contribution in [2.45, 2.75) is 33.2 Å². The number of carboxylic acids is 1. The Labute approximate surface area is 113 Å². The van der Waals surface area contributed by atoms with Gasteiger partial charge in [-0.05, 0) is 36.6 Å². The van der Waals surface area contributed by atoms with E-state index in [0.29, 0.717) is 12.2 Å². The molecule has 1 heterocycles. The van der Waals surface area contributed by atoms with Crippen molar-refractivity contribution >= 4 is 5.97 Å². The number of carboxylic acid groups (broad SMARTS) is 1. The Balaban J connectivity index is 2.38. The van der Waals surface area contributed by atoms with Gasteiger partial charge in [0.25, 0.3) is 0 Å². The van der Waals surface area contributed by atoms with E-state index in [9.17, 15) is 4.79 Å². The van der Waals surface area contributed by atoms with Crippen molar-refractivity contribution in [2.24, 2.45) is 0 Å². The van der Waals surface area contributed by atoms with Gasteiger partial charge in [0, 0.05) is 12.2 Å². The zero-order valence-corrected chi connectivity index (χ0v) is 11.4. The maximum Gasteiger partial charge on any atom is 0.352 e. The molecule has 0 fully saturated rings. The summed E-state index contributed by atoms with van der Waals surface area (Å²) in [6.07, 6.45) is 2.21. The molecule has 3 nitrogen and oxygen atoms in total. The summed E-state index contributed by atoms with van der Waals surface area (Å²) < 4.78 is 1.83. The zero-order valence-electron chi connectivity index (χ0n) is 11.4. The van der Waals surface area contributed by atoms with Crippen LogP contribution in [0.1, 0.15) is 36.3 Å². The third-order valence-electron chi connectivity index (χ3n) is 3.30. The summed E-state index contributed by atoms with van der Waals surface area (Å²) in [5.74, 6) is -0.879. The highest BCUT2D eigenvalue weighted by Crippen LogP contribution is 2.23. The van der Waals surface area contributed by atoms with E-state index in [0.717, 1.165) is 24.1 Å². The average Bonchev–Trinajstić information content (AvgIpc) is 2.84. The largest absolute Gasteiger partial charge is 0.477 e. The van der Waals surface area contributed by atoms with E-state index >= 15 is 0 Å². The van der Waals surface area contributed by atoms with Crippen molar-refractivity contribution in [3.8, 4) is 11.3 Å². The summed E-state index contributed by atoms with van der Waals surface area (Å²) in [7, 11) is 0. The van der Waals surface area contributed by atoms with E-state index in [4.69, 9.17) is 5.11 Å². The Morgan fingerprint density at radius 3 is 2.32 bits per heavy atom. The summed E-state index contributed by atoms with van der Waals surface area (Å²) >= 11 is 0. The molecule has 0 aliphatic rings. The lowest BCUT2D eigenvalue weighted by molar-refractivity contribution is 0.0685. The number of hydrogen-bond acceptors (Lipinski definition) is 1. The smallest absolute Gasteiger partial charge is 0.352 e. The molecule has 1 aromatic heterocycles. The number of aryl methyl sites for hydroxylation is 1. The van der Waals surface area contributed by atoms with Crippen LogP contribution in [-0.2, 0) is 13.0 Å². The molecule has 0 saturated heterocycles. The minimum atomic E-state index is -0.879. The number of benzene rings is 1. The minimum absolute atomic E-state index is 0.343. The van der Waals surface area contributed by atoms with Gasteiger partial charge in [0.1, 0.15) is 5.69 Å². The molecule has 0 aliphatic heterocycles. The standard InChI is InChI=1S/C16H19NO2/c1-3-5-12-6-8-13(9-7-12)14-10-11-15(16(18)19)17(14)4-2/h6-11H,3-5H2,1-2H3,(H,18,19). The summed E-state index contributed by atoms with van der Waals surface area (Å²) in [4.78, 5) is 11.1. The SMILES string of the molecule is CCCc1ccc(-c2ccc(C(=O)O)n2CC)cc1. The molecule has 0 unspecified atom stereocenters. The van der Waals surface area contributed by atoms with Crippen LogP contribution in [0.3, 0.4) is 0 Å². The molecule has 100 valence electrons. The second-order valence-corrected chi connectivity index (χ2v) is 4.60. The second-order valence-electron chi connectivity index (χ2n) is 4.60. The lowest BCUT2D eigenvalue weighted by atomic mass is 10.1. The maximum absolute atomic E-state index is 11.1. The van der Waals surface area contributed by atoms with Crippen LogP contribution in [0.25, 0.3) is 11.3 Å². The molecule has 2 aromatic rings. The first-order valence-corrected chi connectivity index (χ1v) is 6.69. The van der Waals surface area contributed by atoms with Crippen molar-refractivity contribution in [1.82, 2.24) is 4.57 Å². The molecule has 0 amide bonds. The highest BCUT2D eigenvalue weighted by Gasteiger charge is 2.13. The van der Waals surface area contributed by atoms with Crippen LogP contribution >= 0.6 is 0 Å². The van der Waals surface area contributed by atoms with Gasteiger partial charge in [-0.3, -0.25) is 0 Å². The Hall–Kier alpha value is -2.03. The van der Waals surface area contributed by atoms with Crippen LogP contribution in [-0.4, -0.2) is 15.6 Å². The Morgan fingerprint density at radius 2 is 1.79 bits per heavy atom. The average molecular weight is 257 g/mol. The maximum atomic E-state index is 11.1. The van der Waals surface area contributed by atoms with Crippen molar-refractivity contribution in [3.63, 3.8) is 0 Å². The van der Waals surface area contributed by atoms with Gasteiger partial charge in [-0.1, -0.05) is 37.6 Å².